The summed E-state index contributed by atoms with van der Waals surface area (Å²) in [6.07, 6.45) is 0.736. The van der Waals surface area contributed by atoms with Crippen molar-refractivity contribution in [2.45, 2.75) is 44.4 Å². The third kappa shape index (κ3) is 5.81. The zero-order valence-corrected chi connectivity index (χ0v) is 16.2. The first kappa shape index (κ1) is 20.9. The lowest BCUT2D eigenvalue weighted by Gasteiger charge is -2.30. The molecule has 3 N–H and O–H groups in total. The maximum atomic E-state index is 12.4. The van der Waals surface area contributed by atoms with E-state index in [4.69, 9.17) is 4.74 Å². The summed E-state index contributed by atoms with van der Waals surface area (Å²) in [6, 6.07) is 18.2. The van der Waals surface area contributed by atoms with Crippen LogP contribution in [-0.4, -0.2) is 34.4 Å². The molecule has 0 aromatic heterocycles. The van der Waals surface area contributed by atoms with E-state index in [9.17, 15) is 19.8 Å². The summed E-state index contributed by atoms with van der Waals surface area (Å²) in [6.45, 7) is 0.127. The van der Waals surface area contributed by atoms with Gasteiger partial charge in [-0.1, -0.05) is 67.1 Å². The lowest BCUT2D eigenvalue weighted by atomic mass is 9.85. The van der Waals surface area contributed by atoms with Crippen molar-refractivity contribution in [2.75, 3.05) is 0 Å². The van der Waals surface area contributed by atoms with Gasteiger partial charge in [-0.25, -0.2) is 4.79 Å². The molecule has 0 saturated heterocycles. The highest BCUT2D eigenvalue weighted by atomic mass is 16.5. The van der Waals surface area contributed by atoms with Gasteiger partial charge in [0.1, 0.15) is 6.61 Å². The van der Waals surface area contributed by atoms with Gasteiger partial charge in [-0.05, 0) is 30.4 Å². The molecule has 29 heavy (non-hydrogen) atoms. The summed E-state index contributed by atoms with van der Waals surface area (Å²) in [5.41, 5.74) is 1.81. The molecule has 154 valence electrons. The van der Waals surface area contributed by atoms with Crippen LogP contribution < -0.4 is 5.32 Å². The van der Waals surface area contributed by atoms with Gasteiger partial charge < -0.3 is 20.3 Å². The summed E-state index contributed by atoms with van der Waals surface area (Å²) >= 11 is 0. The molecule has 0 spiro atoms. The Morgan fingerprint density at radius 2 is 1.62 bits per heavy atom. The topological polar surface area (TPSA) is 95.9 Å². The highest BCUT2D eigenvalue weighted by Crippen LogP contribution is 2.36. The van der Waals surface area contributed by atoms with E-state index in [1.165, 1.54) is 0 Å². The van der Waals surface area contributed by atoms with Gasteiger partial charge in [0.15, 0.2) is 0 Å². The van der Waals surface area contributed by atoms with Crippen molar-refractivity contribution < 1.29 is 24.5 Å². The summed E-state index contributed by atoms with van der Waals surface area (Å²) in [5.74, 6) is -1.88. The normalized spacial score (nSPS) is 20.6. The fraction of sp³-hybridized carbons (Fsp3) is 0.391. The number of hydrogen-bond donors (Lipinski definition) is 3. The van der Waals surface area contributed by atoms with Gasteiger partial charge in [0.05, 0.1) is 18.1 Å². The molecule has 2 aromatic rings. The number of alkyl carbamates (subject to hydrolysis) is 1. The van der Waals surface area contributed by atoms with E-state index in [0.29, 0.717) is 19.3 Å². The van der Waals surface area contributed by atoms with Crippen LogP contribution in [0.1, 0.15) is 30.4 Å². The molecule has 6 nitrogen and oxygen atoms in total. The molecule has 1 amide bonds. The van der Waals surface area contributed by atoms with Crippen LogP contribution in [0.25, 0.3) is 0 Å². The van der Waals surface area contributed by atoms with Crippen molar-refractivity contribution in [1.29, 1.82) is 0 Å². The van der Waals surface area contributed by atoms with Gasteiger partial charge >= 0.3 is 12.1 Å². The van der Waals surface area contributed by atoms with Gasteiger partial charge in [-0.15, -0.1) is 0 Å². The zero-order chi connectivity index (χ0) is 20.6. The van der Waals surface area contributed by atoms with Crippen LogP contribution in [0.2, 0.25) is 0 Å². The van der Waals surface area contributed by atoms with E-state index >= 15 is 0 Å². The summed E-state index contributed by atoms with van der Waals surface area (Å²) in [7, 11) is 0. The molecule has 3 rings (SSSR count). The molecule has 1 saturated carbocycles. The zero-order valence-electron chi connectivity index (χ0n) is 16.2. The molecule has 0 aliphatic heterocycles. The largest absolute Gasteiger partial charge is 0.481 e. The Morgan fingerprint density at radius 1 is 1.00 bits per heavy atom. The van der Waals surface area contributed by atoms with Crippen molar-refractivity contribution in [3.8, 4) is 0 Å². The molecule has 0 heterocycles. The Balaban J connectivity index is 1.68. The quantitative estimate of drug-likeness (QED) is 0.635. The molecular weight excluding hydrogens is 370 g/mol. The minimum atomic E-state index is -0.969. The van der Waals surface area contributed by atoms with Gasteiger partial charge in [0.25, 0.3) is 0 Å². The molecule has 0 bridgehead atoms. The Labute approximate surface area is 170 Å². The number of carbonyl (C=O) groups is 2. The monoisotopic (exact) mass is 397 g/mol. The Morgan fingerprint density at radius 3 is 2.24 bits per heavy atom. The summed E-state index contributed by atoms with van der Waals surface area (Å²) in [4.78, 5) is 23.9. The lowest BCUT2D eigenvalue weighted by molar-refractivity contribution is -0.144. The van der Waals surface area contributed by atoms with Crippen molar-refractivity contribution in [3.05, 3.63) is 71.8 Å². The predicted octanol–water partition coefficient (Wildman–Crippen LogP) is 3.39. The van der Waals surface area contributed by atoms with Crippen molar-refractivity contribution >= 4 is 12.1 Å². The van der Waals surface area contributed by atoms with Gasteiger partial charge in [-0.3, -0.25) is 4.79 Å². The van der Waals surface area contributed by atoms with Crippen LogP contribution in [0, 0.1) is 11.8 Å². The first-order chi connectivity index (χ1) is 14.0. The number of amides is 1. The molecule has 2 aromatic carbocycles. The number of aliphatic carboxylic acids is 1. The maximum absolute atomic E-state index is 12.4. The number of rotatable bonds is 8. The molecule has 1 fully saturated rings. The minimum absolute atomic E-state index is 0.127. The predicted molar refractivity (Wildman–Crippen MR) is 108 cm³/mol. The average molecular weight is 397 g/mol. The van der Waals surface area contributed by atoms with Crippen LogP contribution in [0.3, 0.4) is 0 Å². The molecule has 1 aliphatic rings. The standard InChI is InChI=1S/C23H27NO5/c25-21(18-12-7-13-19(18)22(26)27)20(14-16-8-3-1-4-9-16)24-23(28)29-15-17-10-5-2-6-11-17/h1-6,8-11,18-21,25H,7,12-15H2,(H,24,28)(H,26,27)/t18-,19+,20-,21+/m0/s1. The highest BCUT2D eigenvalue weighted by Gasteiger charge is 2.41. The fourth-order valence-electron chi connectivity index (χ4n) is 4.04. The third-order valence-corrected chi connectivity index (χ3v) is 5.55. The summed E-state index contributed by atoms with van der Waals surface area (Å²) < 4.78 is 5.31. The fourth-order valence-corrected chi connectivity index (χ4v) is 4.04. The van der Waals surface area contributed by atoms with E-state index in [-0.39, 0.29) is 6.61 Å². The average Bonchev–Trinajstić information content (AvgIpc) is 3.23. The second-order valence-corrected chi connectivity index (χ2v) is 7.53. The molecule has 0 radical (unpaired) electrons. The number of carboxylic acids is 1. The van der Waals surface area contributed by atoms with Crippen LogP contribution in [-0.2, 0) is 22.6 Å². The third-order valence-electron chi connectivity index (χ3n) is 5.55. The summed E-state index contributed by atoms with van der Waals surface area (Å²) in [5, 5.41) is 23.2. The van der Waals surface area contributed by atoms with Crippen LogP contribution in [0.4, 0.5) is 4.79 Å². The highest BCUT2D eigenvalue weighted by molar-refractivity contribution is 5.71. The first-order valence-electron chi connectivity index (χ1n) is 9.96. The number of hydrogen-bond acceptors (Lipinski definition) is 4. The number of aliphatic hydroxyl groups excluding tert-OH is 1. The molecule has 6 heteroatoms. The molecular formula is C23H27NO5. The van der Waals surface area contributed by atoms with Crippen LogP contribution in [0.15, 0.2) is 60.7 Å². The Kier molecular flexibility index (Phi) is 7.25. The van der Waals surface area contributed by atoms with Crippen molar-refractivity contribution in [1.82, 2.24) is 5.32 Å². The Hall–Kier alpha value is -2.86. The molecule has 1 aliphatic carbocycles. The van der Waals surface area contributed by atoms with E-state index < -0.39 is 36.0 Å². The second-order valence-electron chi connectivity index (χ2n) is 7.53. The van der Waals surface area contributed by atoms with Crippen LogP contribution in [0.5, 0.6) is 0 Å². The smallest absolute Gasteiger partial charge is 0.407 e. The van der Waals surface area contributed by atoms with Crippen LogP contribution >= 0.6 is 0 Å². The number of aliphatic hydroxyl groups is 1. The molecule has 0 unspecified atom stereocenters. The van der Waals surface area contributed by atoms with E-state index in [2.05, 4.69) is 5.32 Å². The second kappa shape index (κ2) is 10.1. The SMILES string of the molecule is O=C(N[C@@H](Cc1ccccc1)[C@H](O)[C@H]1CCC[C@H]1C(=O)O)OCc1ccccc1. The number of ether oxygens (including phenoxy) is 1. The van der Waals surface area contributed by atoms with E-state index in [1.54, 1.807) is 0 Å². The molecule has 4 atom stereocenters. The van der Waals surface area contributed by atoms with E-state index in [1.807, 2.05) is 60.7 Å². The van der Waals surface area contributed by atoms with Gasteiger partial charge in [0, 0.05) is 5.92 Å². The number of benzene rings is 2. The van der Waals surface area contributed by atoms with Crippen molar-refractivity contribution in [2.24, 2.45) is 11.8 Å². The van der Waals surface area contributed by atoms with E-state index in [0.717, 1.165) is 17.5 Å². The first-order valence-corrected chi connectivity index (χ1v) is 9.96. The van der Waals surface area contributed by atoms with Gasteiger partial charge in [0.2, 0.25) is 0 Å². The maximum Gasteiger partial charge on any atom is 0.407 e. The number of carbonyl (C=O) groups excluding carboxylic acids is 1. The number of carboxylic acid groups (broad SMARTS) is 1. The van der Waals surface area contributed by atoms with Gasteiger partial charge in [-0.2, -0.15) is 0 Å². The lowest BCUT2D eigenvalue weighted by Crippen LogP contribution is -2.49. The number of nitrogens with one attached hydrogen (secondary N) is 1. The minimum Gasteiger partial charge on any atom is -0.481 e. The Bertz CT molecular complexity index is 795. The van der Waals surface area contributed by atoms with Crippen molar-refractivity contribution in [3.63, 3.8) is 0 Å².